The predicted molar refractivity (Wildman–Crippen MR) is 103 cm³/mol. The molecule has 2 aromatic carbocycles. The predicted octanol–water partition coefficient (Wildman–Crippen LogP) is 4.00. The zero-order valence-corrected chi connectivity index (χ0v) is 15.9. The molecule has 1 heterocycles. The van der Waals surface area contributed by atoms with Crippen molar-refractivity contribution in [3.05, 3.63) is 58.6 Å². The fourth-order valence-corrected chi connectivity index (χ4v) is 4.68. The van der Waals surface area contributed by atoms with E-state index in [1.54, 1.807) is 46.8 Å². The lowest BCUT2D eigenvalue weighted by Gasteiger charge is -2.25. The molecule has 5 nitrogen and oxygen atoms in total. The van der Waals surface area contributed by atoms with E-state index in [2.05, 4.69) is 11.4 Å². The molecule has 0 radical (unpaired) electrons. The Bertz CT molecular complexity index is 915. The Balaban J connectivity index is 1.69. The Morgan fingerprint density at radius 3 is 2.42 bits per heavy atom. The molecular weight excluding hydrogens is 370 g/mol. The van der Waals surface area contributed by atoms with E-state index in [-0.39, 0.29) is 0 Å². The first kappa shape index (κ1) is 18.7. The third kappa shape index (κ3) is 4.18. The van der Waals surface area contributed by atoms with Crippen LogP contribution in [-0.2, 0) is 16.6 Å². The lowest BCUT2D eigenvalue weighted by molar-refractivity contribution is 0.346. The van der Waals surface area contributed by atoms with Crippen LogP contribution in [0.1, 0.15) is 30.4 Å². The van der Waals surface area contributed by atoms with Gasteiger partial charge in [0.15, 0.2) is 0 Å². The van der Waals surface area contributed by atoms with Crippen molar-refractivity contribution >= 4 is 27.3 Å². The number of sulfonamides is 1. The van der Waals surface area contributed by atoms with E-state index >= 15 is 0 Å². The molecule has 0 atom stereocenters. The standard InChI is InChI=1S/C19H20ClN3O2S/c20-17-6-9-19(16(12-17)13-21)22-14-15-4-7-18(8-5-15)26(24,25)23-10-2-1-3-11-23/h4-9,12,22H,1-3,10-11,14H2. The molecule has 0 bridgehead atoms. The molecule has 0 saturated carbocycles. The second-order valence-electron chi connectivity index (χ2n) is 6.26. The molecule has 1 aliphatic rings. The Labute approximate surface area is 159 Å². The minimum Gasteiger partial charge on any atom is -0.380 e. The maximum Gasteiger partial charge on any atom is 0.243 e. The average molecular weight is 390 g/mol. The first-order valence-corrected chi connectivity index (χ1v) is 10.3. The summed E-state index contributed by atoms with van der Waals surface area (Å²) >= 11 is 5.90. The van der Waals surface area contributed by atoms with E-state index < -0.39 is 10.0 Å². The van der Waals surface area contributed by atoms with Crippen LogP contribution >= 0.6 is 11.6 Å². The van der Waals surface area contributed by atoms with Gasteiger partial charge in [0.1, 0.15) is 6.07 Å². The van der Waals surface area contributed by atoms with Gasteiger partial charge in [-0.1, -0.05) is 30.2 Å². The molecule has 2 aromatic rings. The molecule has 1 saturated heterocycles. The molecule has 0 unspecified atom stereocenters. The van der Waals surface area contributed by atoms with Crippen LogP contribution in [0.5, 0.6) is 0 Å². The molecule has 1 fully saturated rings. The highest BCUT2D eigenvalue weighted by Gasteiger charge is 2.25. The molecule has 0 aliphatic carbocycles. The maximum atomic E-state index is 12.7. The van der Waals surface area contributed by atoms with E-state index in [1.165, 1.54) is 0 Å². The summed E-state index contributed by atoms with van der Waals surface area (Å²) in [4.78, 5) is 0.326. The number of piperidine rings is 1. The first-order valence-electron chi connectivity index (χ1n) is 8.53. The quantitative estimate of drug-likeness (QED) is 0.838. The number of anilines is 1. The van der Waals surface area contributed by atoms with Gasteiger partial charge in [-0.15, -0.1) is 0 Å². The van der Waals surface area contributed by atoms with Crippen LogP contribution < -0.4 is 5.32 Å². The van der Waals surface area contributed by atoms with Gasteiger partial charge in [-0.05, 0) is 48.7 Å². The number of hydrogen-bond acceptors (Lipinski definition) is 4. The average Bonchev–Trinajstić information content (AvgIpc) is 2.68. The van der Waals surface area contributed by atoms with E-state index in [1.807, 2.05) is 0 Å². The highest BCUT2D eigenvalue weighted by Crippen LogP contribution is 2.23. The molecule has 1 N–H and O–H groups in total. The van der Waals surface area contributed by atoms with Crippen molar-refractivity contribution in [1.29, 1.82) is 5.26 Å². The number of rotatable bonds is 5. The van der Waals surface area contributed by atoms with Crippen molar-refractivity contribution in [2.45, 2.75) is 30.7 Å². The molecule has 0 amide bonds. The molecule has 7 heteroatoms. The van der Waals surface area contributed by atoms with Crippen molar-refractivity contribution in [3.63, 3.8) is 0 Å². The Morgan fingerprint density at radius 1 is 1.08 bits per heavy atom. The lowest BCUT2D eigenvalue weighted by Crippen LogP contribution is -2.35. The van der Waals surface area contributed by atoms with Crippen molar-refractivity contribution in [2.75, 3.05) is 18.4 Å². The zero-order chi connectivity index (χ0) is 18.6. The van der Waals surface area contributed by atoms with Crippen LogP contribution in [0, 0.1) is 11.3 Å². The summed E-state index contributed by atoms with van der Waals surface area (Å²) in [6.07, 6.45) is 2.93. The normalized spacial score (nSPS) is 15.4. The number of nitrogens with zero attached hydrogens (tertiary/aromatic N) is 2. The molecule has 136 valence electrons. The van der Waals surface area contributed by atoms with Crippen LogP contribution in [0.25, 0.3) is 0 Å². The summed E-state index contributed by atoms with van der Waals surface area (Å²) in [5.41, 5.74) is 2.10. The highest BCUT2D eigenvalue weighted by molar-refractivity contribution is 7.89. The van der Waals surface area contributed by atoms with Crippen LogP contribution in [-0.4, -0.2) is 25.8 Å². The number of hydrogen-bond donors (Lipinski definition) is 1. The van der Waals surface area contributed by atoms with Gasteiger partial charge in [-0.25, -0.2) is 8.42 Å². The summed E-state index contributed by atoms with van der Waals surface area (Å²) in [6.45, 7) is 1.68. The summed E-state index contributed by atoms with van der Waals surface area (Å²) < 4.78 is 26.9. The fraction of sp³-hybridized carbons (Fsp3) is 0.316. The van der Waals surface area contributed by atoms with Crippen LogP contribution in [0.3, 0.4) is 0 Å². The molecule has 0 aromatic heterocycles. The van der Waals surface area contributed by atoms with Crippen molar-refractivity contribution in [1.82, 2.24) is 4.31 Å². The van der Waals surface area contributed by atoms with Crippen LogP contribution in [0.15, 0.2) is 47.4 Å². The second kappa shape index (κ2) is 8.09. The summed E-state index contributed by atoms with van der Waals surface area (Å²) in [6, 6.07) is 14.1. The Hall–Kier alpha value is -2.07. The van der Waals surface area contributed by atoms with Gasteiger partial charge in [0.25, 0.3) is 0 Å². The SMILES string of the molecule is N#Cc1cc(Cl)ccc1NCc1ccc(S(=O)(=O)N2CCCCC2)cc1. The van der Waals surface area contributed by atoms with Gasteiger partial charge < -0.3 is 5.32 Å². The number of nitrogens with one attached hydrogen (secondary N) is 1. The largest absolute Gasteiger partial charge is 0.380 e. The minimum atomic E-state index is -3.41. The van der Waals surface area contributed by atoms with Crippen LogP contribution in [0.4, 0.5) is 5.69 Å². The van der Waals surface area contributed by atoms with E-state index in [4.69, 9.17) is 16.9 Å². The van der Waals surface area contributed by atoms with Gasteiger partial charge in [0.05, 0.1) is 16.1 Å². The van der Waals surface area contributed by atoms with Crippen molar-refractivity contribution in [3.8, 4) is 6.07 Å². The second-order valence-corrected chi connectivity index (χ2v) is 8.64. The van der Waals surface area contributed by atoms with Gasteiger partial charge in [-0.3, -0.25) is 0 Å². The monoisotopic (exact) mass is 389 g/mol. The van der Waals surface area contributed by atoms with Gasteiger partial charge >= 0.3 is 0 Å². The third-order valence-corrected chi connectivity index (χ3v) is 6.61. The van der Waals surface area contributed by atoms with E-state index in [0.717, 1.165) is 24.8 Å². The maximum absolute atomic E-state index is 12.7. The van der Waals surface area contributed by atoms with E-state index in [0.29, 0.717) is 40.8 Å². The topological polar surface area (TPSA) is 73.2 Å². The van der Waals surface area contributed by atoms with Gasteiger partial charge in [0.2, 0.25) is 10.0 Å². The number of nitriles is 1. The van der Waals surface area contributed by atoms with Gasteiger partial charge in [0, 0.05) is 24.7 Å². The first-order chi connectivity index (χ1) is 12.5. The molecule has 1 aliphatic heterocycles. The third-order valence-electron chi connectivity index (χ3n) is 4.46. The summed E-state index contributed by atoms with van der Waals surface area (Å²) in [7, 11) is -3.41. The van der Waals surface area contributed by atoms with Crippen LogP contribution in [0.2, 0.25) is 5.02 Å². The van der Waals surface area contributed by atoms with Gasteiger partial charge in [-0.2, -0.15) is 9.57 Å². The van der Waals surface area contributed by atoms with Crippen molar-refractivity contribution in [2.24, 2.45) is 0 Å². The highest BCUT2D eigenvalue weighted by atomic mass is 35.5. The smallest absolute Gasteiger partial charge is 0.243 e. The fourth-order valence-electron chi connectivity index (χ4n) is 2.99. The molecule has 0 spiro atoms. The van der Waals surface area contributed by atoms with E-state index in [9.17, 15) is 8.42 Å². The number of benzene rings is 2. The van der Waals surface area contributed by atoms with Crippen molar-refractivity contribution < 1.29 is 8.42 Å². The Kier molecular flexibility index (Phi) is 5.82. The number of halogens is 1. The summed E-state index contributed by atoms with van der Waals surface area (Å²) in [5, 5.41) is 12.9. The molecule has 3 rings (SSSR count). The minimum absolute atomic E-state index is 0.326. The zero-order valence-electron chi connectivity index (χ0n) is 14.3. The lowest BCUT2D eigenvalue weighted by atomic mass is 10.1. The summed E-state index contributed by atoms with van der Waals surface area (Å²) in [5.74, 6) is 0. The Morgan fingerprint density at radius 2 is 1.77 bits per heavy atom. The molecule has 26 heavy (non-hydrogen) atoms. The molecular formula is C19H20ClN3O2S.